The summed E-state index contributed by atoms with van der Waals surface area (Å²) in [5, 5.41) is 24.4. The van der Waals surface area contributed by atoms with Crippen LogP contribution in [0.1, 0.15) is 94.1 Å². The molecule has 1 aromatic rings. The first-order valence-corrected chi connectivity index (χ1v) is 18.6. The highest BCUT2D eigenvalue weighted by Gasteiger charge is 2.40. The summed E-state index contributed by atoms with van der Waals surface area (Å²) in [5.74, 6) is -1.41. The molecule has 0 aliphatic heterocycles. The quantitative estimate of drug-likeness (QED) is 0.0482. The van der Waals surface area contributed by atoms with Gasteiger partial charge in [-0.3, -0.25) is 19.4 Å². The Balaban J connectivity index is 2.38. The molecule has 1 aromatic heterocycles. The van der Waals surface area contributed by atoms with Crippen LogP contribution in [-0.2, 0) is 9.59 Å². The molecule has 0 aromatic carbocycles. The smallest absolute Gasteiger partial charge is 0.250 e. The number of carbonyl (C=O) groups is 3. The lowest BCUT2D eigenvalue weighted by atomic mass is 9.87. The standard InChI is InChI=1S/C36H54N4O5S2/c1-4-5-6-7-8-9-10-11-12-13-14-15-16-17-18-19-20-23-31(43)38-25-26-46-47-36(2,3)32(35(45)40-27-29(42)28-41)33-30(34(37)44)22-21-24-39-33/h5-6,8-9,11-12,14-15,17-18,21-22,24,29,32,41-42H,4,7,10,13,16,19-20,23,25-28H2,1-3H3,(H2,37,44)(H,38,43)(H,40,45)/b6-5-,9-8-,12-11-,15-14-,18-17-/t29-,32-/m1/s1. The topological polar surface area (TPSA) is 155 Å². The van der Waals surface area contributed by atoms with Crippen LogP contribution >= 0.6 is 21.6 Å². The summed E-state index contributed by atoms with van der Waals surface area (Å²) in [6.07, 6.45) is 29.0. The molecule has 260 valence electrons. The Morgan fingerprint density at radius 3 is 2.13 bits per heavy atom. The fourth-order valence-corrected chi connectivity index (χ4v) is 6.91. The summed E-state index contributed by atoms with van der Waals surface area (Å²) >= 11 is 0. The minimum absolute atomic E-state index is 0.00138. The van der Waals surface area contributed by atoms with Crippen molar-refractivity contribution in [2.24, 2.45) is 5.73 Å². The third-order valence-corrected chi connectivity index (χ3v) is 10.1. The number of carbonyl (C=O) groups excluding carboxylic acids is 3. The van der Waals surface area contributed by atoms with Gasteiger partial charge < -0.3 is 26.6 Å². The third-order valence-electron chi connectivity index (χ3n) is 6.77. The highest BCUT2D eigenvalue weighted by Crippen LogP contribution is 2.45. The van der Waals surface area contributed by atoms with Crippen LogP contribution in [0.4, 0.5) is 0 Å². The largest absolute Gasteiger partial charge is 0.394 e. The van der Waals surface area contributed by atoms with Gasteiger partial charge in [-0.25, -0.2) is 0 Å². The Morgan fingerprint density at radius 2 is 1.55 bits per heavy atom. The van der Waals surface area contributed by atoms with E-state index in [-0.39, 0.29) is 23.7 Å². The number of hydrogen-bond acceptors (Lipinski definition) is 8. The van der Waals surface area contributed by atoms with E-state index in [1.807, 2.05) is 13.8 Å². The number of nitrogens with one attached hydrogen (secondary N) is 2. The molecule has 3 amide bonds. The predicted octanol–water partition coefficient (Wildman–Crippen LogP) is 5.93. The number of nitrogens with two attached hydrogens (primary N) is 1. The molecule has 9 nitrogen and oxygen atoms in total. The molecular formula is C36H54N4O5S2. The van der Waals surface area contributed by atoms with Gasteiger partial charge in [0.1, 0.15) is 0 Å². The first-order valence-electron chi connectivity index (χ1n) is 16.3. The van der Waals surface area contributed by atoms with Gasteiger partial charge in [0, 0.05) is 36.2 Å². The van der Waals surface area contributed by atoms with Crippen LogP contribution in [0.3, 0.4) is 0 Å². The highest BCUT2D eigenvalue weighted by molar-refractivity contribution is 8.77. The fourth-order valence-electron chi connectivity index (χ4n) is 4.32. The van der Waals surface area contributed by atoms with Gasteiger partial charge >= 0.3 is 0 Å². The number of primary amides is 1. The number of rotatable bonds is 25. The normalized spacial score (nSPS) is 13.7. The van der Waals surface area contributed by atoms with Crippen LogP contribution in [0, 0.1) is 0 Å². The maximum absolute atomic E-state index is 13.3. The second kappa shape index (κ2) is 25.9. The van der Waals surface area contributed by atoms with Crippen molar-refractivity contribution in [3.63, 3.8) is 0 Å². The number of allylic oxidation sites excluding steroid dienone is 10. The maximum Gasteiger partial charge on any atom is 0.250 e. The average Bonchev–Trinajstić information content (AvgIpc) is 3.04. The Morgan fingerprint density at radius 1 is 0.957 bits per heavy atom. The predicted molar refractivity (Wildman–Crippen MR) is 197 cm³/mol. The number of aliphatic hydroxyl groups is 2. The summed E-state index contributed by atoms with van der Waals surface area (Å²) in [6.45, 7) is 5.70. The van der Waals surface area contributed by atoms with E-state index in [0.29, 0.717) is 18.7 Å². The highest BCUT2D eigenvalue weighted by atomic mass is 33.1. The van der Waals surface area contributed by atoms with Crippen molar-refractivity contribution in [1.82, 2.24) is 15.6 Å². The SMILES string of the molecule is CC/C=C\C/C=C\C/C=C\C/C=C\C/C=C\CCCC(=O)NCCSSC(C)(C)[C@@H](C(=O)NC[C@@H](O)CO)c1ncccc1C(N)=O. The first-order chi connectivity index (χ1) is 22.6. The molecule has 0 radical (unpaired) electrons. The van der Waals surface area contributed by atoms with Gasteiger partial charge in [0.15, 0.2) is 0 Å². The van der Waals surface area contributed by atoms with Crippen molar-refractivity contribution in [1.29, 1.82) is 0 Å². The Bertz CT molecular complexity index is 1210. The van der Waals surface area contributed by atoms with E-state index >= 15 is 0 Å². The van der Waals surface area contributed by atoms with E-state index in [1.54, 1.807) is 6.07 Å². The van der Waals surface area contributed by atoms with Crippen molar-refractivity contribution in [3.8, 4) is 0 Å². The van der Waals surface area contributed by atoms with E-state index in [1.165, 1.54) is 33.9 Å². The van der Waals surface area contributed by atoms with Crippen molar-refractivity contribution >= 4 is 39.3 Å². The van der Waals surface area contributed by atoms with Crippen LogP contribution in [-0.4, -0.2) is 69.2 Å². The molecule has 47 heavy (non-hydrogen) atoms. The molecule has 0 saturated carbocycles. The average molecular weight is 687 g/mol. The number of hydrogen-bond donors (Lipinski definition) is 5. The summed E-state index contributed by atoms with van der Waals surface area (Å²) in [4.78, 5) is 42.0. The van der Waals surface area contributed by atoms with Gasteiger partial charge in [-0.2, -0.15) is 0 Å². The molecule has 0 saturated heterocycles. The first kappa shape index (κ1) is 41.9. The number of amides is 3. The number of nitrogens with zero attached hydrogens (tertiary/aromatic N) is 1. The molecule has 0 fully saturated rings. The van der Waals surface area contributed by atoms with Crippen LogP contribution in [0.2, 0.25) is 0 Å². The van der Waals surface area contributed by atoms with Crippen LogP contribution < -0.4 is 16.4 Å². The van der Waals surface area contributed by atoms with E-state index in [4.69, 9.17) is 10.8 Å². The van der Waals surface area contributed by atoms with Crippen molar-refractivity contribution in [3.05, 3.63) is 90.3 Å². The number of unbranched alkanes of at least 4 members (excludes halogenated alkanes) is 1. The summed E-state index contributed by atoms with van der Waals surface area (Å²) in [5.41, 5.74) is 5.96. The molecule has 2 atom stereocenters. The number of pyridine rings is 1. The second-order valence-electron chi connectivity index (χ2n) is 11.3. The zero-order valence-electron chi connectivity index (χ0n) is 28.1. The van der Waals surface area contributed by atoms with Crippen LogP contribution in [0.15, 0.2) is 79.1 Å². The van der Waals surface area contributed by atoms with Gasteiger partial charge in [0.05, 0.1) is 29.9 Å². The molecule has 6 N–H and O–H groups in total. The number of aromatic nitrogens is 1. The molecule has 1 heterocycles. The van der Waals surface area contributed by atoms with Crippen molar-refractivity contribution < 1.29 is 24.6 Å². The zero-order valence-corrected chi connectivity index (χ0v) is 29.7. The minimum atomic E-state index is -1.11. The second-order valence-corrected chi connectivity index (χ2v) is 14.3. The van der Waals surface area contributed by atoms with E-state index in [2.05, 4.69) is 83.3 Å². The van der Waals surface area contributed by atoms with E-state index in [9.17, 15) is 19.5 Å². The van der Waals surface area contributed by atoms with Gasteiger partial charge in [-0.1, -0.05) is 89.3 Å². The monoisotopic (exact) mass is 686 g/mol. The van der Waals surface area contributed by atoms with Crippen molar-refractivity contribution in [2.45, 2.75) is 88.9 Å². The van der Waals surface area contributed by atoms with Crippen molar-refractivity contribution in [2.75, 3.05) is 25.4 Å². The Hall–Kier alpha value is -3.12. The van der Waals surface area contributed by atoms with Crippen LogP contribution in [0.25, 0.3) is 0 Å². The molecule has 1 rings (SSSR count). The molecule has 0 spiro atoms. The maximum atomic E-state index is 13.3. The number of aliphatic hydroxyl groups excluding tert-OH is 2. The van der Waals surface area contributed by atoms with Gasteiger partial charge in [0.25, 0.3) is 5.91 Å². The van der Waals surface area contributed by atoms with Crippen LogP contribution in [0.5, 0.6) is 0 Å². The minimum Gasteiger partial charge on any atom is -0.394 e. The zero-order chi connectivity index (χ0) is 34.8. The lowest BCUT2D eigenvalue weighted by molar-refractivity contribution is -0.124. The summed E-state index contributed by atoms with van der Waals surface area (Å²) in [7, 11) is 2.94. The fraction of sp³-hybridized carbons (Fsp3) is 0.500. The Kier molecular flexibility index (Phi) is 23.1. The van der Waals surface area contributed by atoms with Gasteiger partial charge in [0.2, 0.25) is 11.8 Å². The van der Waals surface area contributed by atoms with Gasteiger partial charge in [-0.15, -0.1) is 0 Å². The van der Waals surface area contributed by atoms with Gasteiger partial charge in [-0.05, 0) is 70.9 Å². The molecule has 0 unspecified atom stereocenters. The Labute approximate surface area is 289 Å². The molecule has 11 heteroatoms. The lowest BCUT2D eigenvalue weighted by Gasteiger charge is -2.33. The molecule has 0 bridgehead atoms. The summed E-state index contributed by atoms with van der Waals surface area (Å²) < 4.78 is -0.747. The lowest BCUT2D eigenvalue weighted by Crippen LogP contribution is -2.43. The third kappa shape index (κ3) is 19.3. The molecular weight excluding hydrogens is 633 g/mol. The molecule has 0 aliphatic rings. The molecule has 0 aliphatic carbocycles. The van der Waals surface area contributed by atoms with E-state index < -0.39 is 35.2 Å². The van der Waals surface area contributed by atoms with E-state index in [0.717, 1.165) is 44.9 Å². The summed E-state index contributed by atoms with van der Waals surface area (Å²) in [6, 6.07) is 3.10.